The van der Waals surface area contributed by atoms with Crippen molar-refractivity contribution in [3.05, 3.63) is 75.8 Å². The van der Waals surface area contributed by atoms with Crippen LogP contribution >= 0.6 is 22.9 Å². The number of anilines is 1. The summed E-state index contributed by atoms with van der Waals surface area (Å²) in [6, 6.07) is 15.7. The van der Waals surface area contributed by atoms with Gasteiger partial charge >= 0.3 is 0 Å². The van der Waals surface area contributed by atoms with E-state index in [-0.39, 0.29) is 16.5 Å². The number of thiophene rings is 1. The van der Waals surface area contributed by atoms with E-state index in [1.54, 1.807) is 24.3 Å². The summed E-state index contributed by atoms with van der Waals surface area (Å²) in [7, 11) is -3.47. The quantitative estimate of drug-likeness (QED) is 0.466. The van der Waals surface area contributed by atoms with Gasteiger partial charge < -0.3 is 5.32 Å². The molecule has 0 aliphatic carbocycles. The number of rotatable bonds is 5. The van der Waals surface area contributed by atoms with Crippen LogP contribution in [-0.2, 0) is 16.4 Å². The summed E-state index contributed by atoms with van der Waals surface area (Å²) in [5.41, 5.74) is 2.01. The van der Waals surface area contributed by atoms with Crippen LogP contribution in [0.15, 0.2) is 59.5 Å². The van der Waals surface area contributed by atoms with E-state index in [0.717, 1.165) is 27.7 Å². The summed E-state index contributed by atoms with van der Waals surface area (Å²) in [6.07, 6.45) is 1.12. The van der Waals surface area contributed by atoms with E-state index in [0.29, 0.717) is 16.4 Å². The van der Waals surface area contributed by atoms with Gasteiger partial charge in [0.25, 0.3) is 5.91 Å². The fraction of sp³-hybridized carbons (Fsp3) is 0.143. The fourth-order valence-corrected chi connectivity index (χ4v) is 5.29. The number of nitrogens with zero attached hydrogens (tertiary/aromatic N) is 2. The second-order valence-electron chi connectivity index (χ2n) is 6.89. The zero-order chi connectivity index (χ0) is 21.5. The minimum atomic E-state index is -3.47. The van der Waals surface area contributed by atoms with Gasteiger partial charge in [-0.2, -0.15) is 5.10 Å². The minimum absolute atomic E-state index is 0.0838. The molecule has 0 fully saturated rings. The second-order valence-corrected chi connectivity index (χ2v) is 10.3. The SMILES string of the molecule is Cc1nn(Cc2ccccc2Cl)c2sc(C(=O)Nc3ccccc3S(C)(=O)=O)cc12. The number of sulfone groups is 1. The third-order valence-corrected chi connectivity index (χ3v) is 7.31. The summed E-state index contributed by atoms with van der Waals surface area (Å²) < 4.78 is 25.8. The number of hydrogen-bond donors (Lipinski definition) is 1. The van der Waals surface area contributed by atoms with Crippen molar-refractivity contribution in [1.29, 1.82) is 0 Å². The number of halogens is 1. The number of hydrogen-bond acceptors (Lipinski definition) is 5. The predicted octanol–water partition coefficient (Wildman–Crippen LogP) is 4.76. The molecule has 154 valence electrons. The van der Waals surface area contributed by atoms with Crippen LogP contribution in [0, 0.1) is 6.92 Å². The van der Waals surface area contributed by atoms with Crippen molar-refractivity contribution in [2.24, 2.45) is 0 Å². The van der Waals surface area contributed by atoms with E-state index in [1.165, 1.54) is 17.4 Å². The third-order valence-electron chi connectivity index (χ3n) is 4.64. The highest BCUT2D eigenvalue weighted by molar-refractivity contribution is 7.90. The van der Waals surface area contributed by atoms with Gasteiger partial charge in [0.1, 0.15) is 4.83 Å². The third kappa shape index (κ3) is 3.98. The molecule has 0 atom stereocenters. The number of carbonyl (C=O) groups is 1. The first kappa shape index (κ1) is 20.6. The molecule has 0 unspecified atom stereocenters. The van der Waals surface area contributed by atoms with Crippen LogP contribution in [0.1, 0.15) is 20.9 Å². The molecule has 0 aliphatic heterocycles. The lowest BCUT2D eigenvalue weighted by atomic mass is 10.2. The zero-order valence-electron chi connectivity index (χ0n) is 16.2. The van der Waals surface area contributed by atoms with Gasteiger partial charge in [-0.25, -0.2) is 8.42 Å². The van der Waals surface area contributed by atoms with Gasteiger partial charge in [-0.3, -0.25) is 9.48 Å². The van der Waals surface area contributed by atoms with Gasteiger partial charge in [-0.05, 0) is 36.8 Å². The van der Waals surface area contributed by atoms with Gasteiger partial charge in [-0.15, -0.1) is 11.3 Å². The zero-order valence-corrected chi connectivity index (χ0v) is 18.6. The maximum absolute atomic E-state index is 12.8. The second kappa shape index (κ2) is 7.86. The largest absolute Gasteiger partial charge is 0.320 e. The topological polar surface area (TPSA) is 81.1 Å². The lowest BCUT2D eigenvalue weighted by molar-refractivity contribution is 0.103. The monoisotopic (exact) mass is 459 g/mol. The predicted molar refractivity (Wildman–Crippen MR) is 120 cm³/mol. The maximum atomic E-state index is 12.8. The van der Waals surface area contributed by atoms with Crippen molar-refractivity contribution in [3.8, 4) is 0 Å². The van der Waals surface area contributed by atoms with Gasteiger partial charge in [0.15, 0.2) is 9.84 Å². The molecule has 4 rings (SSSR count). The number of nitrogens with one attached hydrogen (secondary N) is 1. The van der Waals surface area contributed by atoms with Crippen LogP contribution in [0.2, 0.25) is 5.02 Å². The first-order chi connectivity index (χ1) is 14.2. The lowest BCUT2D eigenvalue weighted by Crippen LogP contribution is -2.13. The van der Waals surface area contributed by atoms with Gasteiger partial charge in [0.05, 0.1) is 27.7 Å². The average Bonchev–Trinajstić information content (AvgIpc) is 3.25. The molecule has 9 heteroatoms. The van der Waals surface area contributed by atoms with Crippen LogP contribution in [0.5, 0.6) is 0 Å². The molecule has 0 saturated heterocycles. The normalized spacial score (nSPS) is 11.7. The molecule has 1 amide bonds. The number of aromatic nitrogens is 2. The van der Waals surface area contributed by atoms with Crippen molar-refractivity contribution in [2.75, 3.05) is 11.6 Å². The Bertz CT molecular complexity index is 1370. The average molecular weight is 460 g/mol. The molecule has 2 heterocycles. The first-order valence-corrected chi connectivity index (χ1v) is 12.1. The molecular weight excluding hydrogens is 442 g/mol. The van der Waals surface area contributed by atoms with Crippen molar-refractivity contribution in [3.63, 3.8) is 0 Å². The van der Waals surface area contributed by atoms with E-state index >= 15 is 0 Å². The number of carbonyl (C=O) groups excluding carboxylic acids is 1. The van der Waals surface area contributed by atoms with Crippen molar-refractivity contribution >= 4 is 54.6 Å². The lowest BCUT2D eigenvalue weighted by Gasteiger charge is -2.08. The summed E-state index contributed by atoms with van der Waals surface area (Å²) in [6.45, 7) is 2.38. The highest BCUT2D eigenvalue weighted by Gasteiger charge is 2.19. The molecule has 6 nitrogen and oxygen atoms in total. The summed E-state index contributed by atoms with van der Waals surface area (Å²) in [4.78, 5) is 14.3. The molecule has 1 N–H and O–H groups in total. The Morgan fingerprint density at radius 1 is 1.17 bits per heavy atom. The molecule has 0 spiro atoms. The van der Waals surface area contributed by atoms with Crippen LogP contribution in [0.3, 0.4) is 0 Å². The number of fused-ring (bicyclic) bond motifs is 1. The van der Waals surface area contributed by atoms with Crippen LogP contribution in [-0.4, -0.2) is 30.4 Å². The highest BCUT2D eigenvalue weighted by atomic mass is 35.5. The molecular formula is C21H18ClN3O3S2. The molecule has 0 saturated carbocycles. The highest BCUT2D eigenvalue weighted by Crippen LogP contribution is 2.31. The molecule has 2 aromatic carbocycles. The standard InChI is InChI=1S/C21H18ClN3O3S2/c1-13-15-11-18(20(26)23-17-9-5-6-10-19(17)30(2,27)28)29-21(15)25(24-13)12-14-7-3-4-8-16(14)22/h3-11H,12H2,1-2H3,(H,23,26). The Kier molecular flexibility index (Phi) is 5.40. The van der Waals surface area contributed by atoms with E-state index in [1.807, 2.05) is 35.9 Å². The van der Waals surface area contributed by atoms with E-state index in [4.69, 9.17) is 11.6 Å². The Hall–Kier alpha value is -2.68. The molecule has 0 radical (unpaired) electrons. The van der Waals surface area contributed by atoms with Gasteiger partial charge in [-0.1, -0.05) is 41.9 Å². The molecule has 0 bridgehead atoms. The Morgan fingerprint density at radius 3 is 2.60 bits per heavy atom. The fourth-order valence-electron chi connectivity index (χ4n) is 3.20. The van der Waals surface area contributed by atoms with E-state index < -0.39 is 9.84 Å². The van der Waals surface area contributed by atoms with Crippen LogP contribution < -0.4 is 5.32 Å². The molecule has 2 aromatic heterocycles. The maximum Gasteiger partial charge on any atom is 0.265 e. The number of amides is 1. The smallest absolute Gasteiger partial charge is 0.265 e. The Morgan fingerprint density at radius 2 is 1.87 bits per heavy atom. The molecule has 30 heavy (non-hydrogen) atoms. The molecule has 4 aromatic rings. The number of benzene rings is 2. The Labute approximate surface area is 183 Å². The number of para-hydroxylation sites is 1. The first-order valence-electron chi connectivity index (χ1n) is 9.05. The Balaban J connectivity index is 1.67. The minimum Gasteiger partial charge on any atom is -0.320 e. The van der Waals surface area contributed by atoms with Crippen LogP contribution in [0.4, 0.5) is 5.69 Å². The van der Waals surface area contributed by atoms with Crippen molar-refractivity contribution in [1.82, 2.24) is 9.78 Å². The van der Waals surface area contributed by atoms with Gasteiger partial charge in [0.2, 0.25) is 0 Å². The summed E-state index contributed by atoms with van der Waals surface area (Å²) in [5, 5.41) is 8.84. The summed E-state index contributed by atoms with van der Waals surface area (Å²) >= 11 is 7.59. The van der Waals surface area contributed by atoms with E-state index in [9.17, 15) is 13.2 Å². The van der Waals surface area contributed by atoms with Crippen LogP contribution in [0.25, 0.3) is 10.2 Å². The molecule has 0 aliphatic rings. The van der Waals surface area contributed by atoms with Gasteiger partial charge in [0, 0.05) is 16.7 Å². The van der Waals surface area contributed by atoms with Crippen molar-refractivity contribution < 1.29 is 13.2 Å². The summed E-state index contributed by atoms with van der Waals surface area (Å²) in [5.74, 6) is -0.365. The van der Waals surface area contributed by atoms with Crippen molar-refractivity contribution in [2.45, 2.75) is 18.4 Å². The van der Waals surface area contributed by atoms with E-state index in [2.05, 4.69) is 10.4 Å². The number of aryl methyl sites for hydroxylation is 1.